The number of nitrogens with zero attached hydrogens (tertiary/aromatic N) is 5. The summed E-state index contributed by atoms with van der Waals surface area (Å²) in [6, 6.07) is 11.1. The number of nitro groups is 1. The zero-order valence-corrected chi connectivity index (χ0v) is 17.6. The number of aryl methyl sites for hydroxylation is 2. The zero-order chi connectivity index (χ0) is 22.6. The number of non-ortho nitro benzene ring substituents is 1. The highest BCUT2D eigenvalue weighted by Gasteiger charge is 2.39. The number of anilines is 1. The minimum absolute atomic E-state index is 0.00245. The molecule has 32 heavy (non-hydrogen) atoms. The molecule has 2 aromatic heterocycles. The predicted octanol–water partition coefficient (Wildman–Crippen LogP) is 3.57. The van der Waals surface area contributed by atoms with Crippen molar-refractivity contribution in [2.45, 2.75) is 24.7 Å². The van der Waals surface area contributed by atoms with Crippen molar-refractivity contribution in [2.75, 3.05) is 12.8 Å². The van der Waals surface area contributed by atoms with Gasteiger partial charge >= 0.3 is 0 Å². The van der Waals surface area contributed by atoms with Crippen LogP contribution in [0.15, 0.2) is 36.5 Å². The Hall–Kier alpha value is -4.19. The lowest BCUT2D eigenvalue weighted by molar-refractivity contribution is -0.384. The van der Waals surface area contributed by atoms with Gasteiger partial charge in [0.05, 0.1) is 29.0 Å². The van der Waals surface area contributed by atoms with Crippen LogP contribution in [-0.4, -0.2) is 26.6 Å². The fourth-order valence-electron chi connectivity index (χ4n) is 4.94. The Kier molecular flexibility index (Phi) is 4.27. The van der Waals surface area contributed by atoms with Crippen molar-refractivity contribution in [3.63, 3.8) is 0 Å². The van der Waals surface area contributed by atoms with Crippen LogP contribution in [0.25, 0.3) is 21.8 Å². The first-order valence-electron chi connectivity index (χ1n) is 10.1. The van der Waals surface area contributed by atoms with Gasteiger partial charge in [-0.15, -0.1) is 0 Å². The van der Waals surface area contributed by atoms with Crippen LogP contribution in [0.5, 0.6) is 5.75 Å². The molecule has 9 heteroatoms. The van der Waals surface area contributed by atoms with E-state index in [1.54, 1.807) is 25.4 Å². The van der Waals surface area contributed by atoms with Crippen LogP contribution in [0.1, 0.15) is 23.2 Å². The SMILES string of the molecule is COc1ccc(C2(C#N)CCc3nc(N)ncc3C2)c2c3cc([N+](=O)[O-])ccc3n(C)c12. The van der Waals surface area contributed by atoms with E-state index in [2.05, 4.69) is 16.0 Å². The molecule has 0 saturated carbocycles. The third-order valence-corrected chi connectivity index (χ3v) is 6.50. The number of hydrogen-bond donors (Lipinski definition) is 1. The number of fused-ring (bicyclic) bond motifs is 4. The number of nitro benzene ring substituents is 1. The molecular weight excluding hydrogens is 408 g/mol. The first-order chi connectivity index (χ1) is 15.4. The summed E-state index contributed by atoms with van der Waals surface area (Å²) < 4.78 is 7.58. The third-order valence-electron chi connectivity index (χ3n) is 6.50. The molecule has 0 radical (unpaired) electrons. The topological polar surface area (TPSA) is 133 Å². The normalized spacial score (nSPS) is 17.8. The van der Waals surface area contributed by atoms with Gasteiger partial charge in [-0.05, 0) is 42.5 Å². The molecule has 9 nitrogen and oxygen atoms in total. The van der Waals surface area contributed by atoms with E-state index in [4.69, 9.17) is 10.5 Å². The number of aromatic nitrogens is 3. The highest BCUT2D eigenvalue weighted by atomic mass is 16.6. The molecule has 2 aromatic carbocycles. The van der Waals surface area contributed by atoms with Crippen LogP contribution in [0.4, 0.5) is 11.6 Å². The average Bonchev–Trinajstić information content (AvgIpc) is 3.10. The average molecular weight is 428 g/mol. The lowest BCUT2D eigenvalue weighted by atomic mass is 9.68. The first-order valence-corrected chi connectivity index (χ1v) is 10.1. The molecule has 5 rings (SSSR count). The summed E-state index contributed by atoms with van der Waals surface area (Å²) in [4.78, 5) is 19.5. The molecule has 0 amide bonds. The van der Waals surface area contributed by atoms with Crippen molar-refractivity contribution in [1.82, 2.24) is 14.5 Å². The van der Waals surface area contributed by atoms with Crippen LogP contribution in [0.2, 0.25) is 0 Å². The zero-order valence-electron chi connectivity index (χ0n) is 17.6. The van der Waals surface area contributed by atoms with Crippen molar-refractivity contribution >= 4 is 33.4 Å². The first kappa shape index (κ1) is 19.8. The molecular formula is C23H20N6O3. The van der Waals surface area contributed by atoms with Crippen LogP contribution < -0.4 is 10.5 Å². The molecule has 0 spiro atoms. The van der Waals surface area contributed by atoms with Gasteiger partial charge in [0.25, 0.3) is 5.69 Å². The van der Waals surface area contributed by atoms with Gasteiger partial charge in [0, 0.05) is 47.4 Å². The molecule has 160 valence electrons. The second-order valence-corrected chi connectivity index (χ2v) is 8.13. The molecule has 1 aliphatic carbocycles. The van der Waals surface area contributed by atoms with Crippen molar-refractivity contribution in [1.29, 1.82) is 5.26 Å². The van der Waals surface area contributed by atoms with Gasteiger partial charge in [-0.3, -0.25) is 10.1 Å². The Balaban J connectivity index is 1.84. The fraction of sp³-hybridized carbons (Fsp3) is 0.261. The Morgan fingerprint density at radius 2 is 2.16 bits per heavy atom. The van der Waals surface area contributed by atoms with Crippen molar-refractivity contribution in [3.8, 4) is 11.8 Å². The van der Waals surface area contributed by atoms with Crippen molar-refractivity contribution in [3.05, 3.63) is 63.5 Å². The van der Waals surface area contributed by atoms with Gasteiger partial charge in [-0.2, -0.15) is 5.26 Å². The largest absolute Gasteiger partial charge is 0.495 e. The number of nitrogen functional groups attached to an aromatic ring is 1. The highest BCUT2D eigenvalue weighted by Crippen LogP contribution is 2.46. The van der Waals surface area contributed by atoms with Crippen LogP contribution in [0.3, 0.4) is 0 Å². The molecule has 2 heterocycles. The minimum Gasteiger partial charge on any atom is -0.495 e. The quantitative estimate of drug-likeness (QED) is 0.389. The van der Waals surface area contributed by atoms with Gasteiger partial charge in [-0.25, -0.2) is 9.97 Å². The van der Waals surface area contributed by atoms with Gasteiger partial charge in [-0.1, -0.05) is 6.07 Å². The molecule has 0 aliphatic heterocycles. The molecule has 1 unspecified atom stereocenters. The van der Waals surface area contributed by atoms with E-state index in [1.807, 2.05) is 23.7 Å². The second-order valence-electron chi connectivity index (χ2n) is 8.13. The number of methoxy groups -OCH3 is 1. The molecule has 0 fully saturated rings. The molecule has 2 N–H and O–H groups in total. The maximum absolute atomic E-state index is 11.5. The van der Waals surface area contributed by atoms with Gasteiger partial charge in [0.1, 0.15) is 5.75 Å². The lowest BCUT2D eigenvalue weighted by Crippen LogP contribution is -2.33. The number of rotatable bonds is 3. The van der Waals surface area contributed by atoms with E-state index in [9.17, 15) is 15.4 Å². The van der Waals surface area contributed by atoms with Crippen molar-refractivity contribution < 1.29 is 9.66 Å². The van der Waals surface area contributed by atoms with E-state index >= 15 is 0 Å². The maximum Gasteiger partial charge on any atom is 0.270 e. The van der Waals surface area contributed by atoms with Crippen molar-refractivity contribution in [2.24, 2.45) is 7.05 Å². The number of nitriles is 1. The summed E-state index contributed by atoms with van der Waals surface area (Å²) in [7, 11) is 3.49. The smallest absolute Gasteiger partial charge is 0.270 e. The summed E-state index contributed by atoms with van der Waals surface area (Å²) >= 11 is 0. The molecule has 1 atom stereocenters. The van der Waals surface area contributed by atoms with E-state index < -0.39 is 10.3 Å². The van der Waals surface area contributed by atoms with Crippen LogP contribution in [0, 0.1) is 21.4 Å². The van der Waals surface area contributed by atoms with Gasteiger partial charge in [0.2, 0.25) is 5.95 Å². The third kappa shape index (κ3) is 2.69. The second kappa shape index (κ2) is 6.92. The van der Waals surface area contributed by atoms with Crippen LogP contribution >= 0.6 is 0 Å². The molecule has 1 aliphatic rings. The monoisotopic (exact) mass is 428 g/mol. The van der Waals surface area contributed by atoms with E-state index in [0.717, 1.165) is 38.6 Å². The predicted molar refractivity (Wildman–Crippen MR) is 119 cm³/mol. The molecule has 0 saturated heterocycles. The lowest BCUT2D eigenvalue weighted by Gasteiger charge is -2.33. The summed E-state index contributed by atoms with van der Waals surface area (Å²) in [6.07, 6.45) is 3.27. The summed E-state index contributed by atoms with van der Waals surface area (Å²) in [5.74, 6) is 0.868. The van der Waals surface area contributed by atoms with Gasteiger partial charge < -0.3 is 15.0 Å². The van der Waals surface area contributed by atoms with Crippen LogP contribution in [-0.2, 0) is 25.3 Å². The maximum atomic E-state index is 11.5. The Bertz CT molecular complexity index is 1470. The molecule has 0 bridgehead atoms. The minimum atomic E-state index is -0.837. The standard InChI is InChI=1S/C23H20N6O3/c1-28-18-5-3-14(29(30)31)9-15(18)20-16(4-6-19(32-2)21(20)28)23(12-24)8-7-17-13(10-23)11-26-22(25)27-17/h3-6,9,11H,7-8,10H2,1-2H3,(H2,25,26,27). The molecule has 4 aromatic rings. The number of ether oxygens (including phenoxy) is 1. The number of hydrogen-bond acceptors (Lipinski definition) is 7. The number of benzene rings is 2. The highest BCUT2D eigenvalue weighted by molar-refractivity contribution is 6.13. The Morgan fingerprint density at radius 1 is 1.34 bits per heavy atom. The Morgan fingerprint density at radius 3 is 2.88 bits per heavy atom. The van der Waals surface area contributed by atoms with E-state index in [0.29, 0.717) is 25.0 Å². The van der Waals surface area contributed by atoms with E-state index in [-0.39, 0.29) is 11.6 Å². The summed E-state index contributed by atoms with van der Waals surface area (Å²) in [6.45, 7) is 0. The van der Waals surface area contributed by atoms with Gasteiger partial charge in [0.15, 0.2) is 0 Å². The van der Waals surface area contributed by atoms with E-state index in [1.165, 1.54) is 6.07 Å². The Labute approximate surface area is 183 Å². The summed E-state index contributed by atoms with van der Waals surface area (Å²) in [5, 5.41) is 23.4. The number of nitrogens with two attached hydrogens (primary N) is 1. The summed E-state index contributed by atoms with van der Waals surface area (Å²) in [5.41, 5.74) is 9.12. The fourth-order valence-corrected chi connectivity index (χ4v) is 4.94.